The Bertz CT molecular complexity index is 577. The quantitative estimate of drug-likeness (QED) is 0.696. The minimum Gasteiger partial charge on any atom is -0.307 e. The van der Waals surface area contributed by atoms with Crippen LogP contribution >= 0.6 is 0 Å². The van der Waals surface area contributed by atoms with E-state index in [1.807, 2.05) is 0 Å². The van der Waals surface area contributed by atoms with Gasteiger partial charge in [0.1, 0.15) is 0 Å². The lowest BCUT2D eigenvalue weighted by molar-refractivity contribution is -0.125. The van der Waals surface area contributed by atoms with Crippen LogP contribution < -0.4 is 10.6 Å². The first kappa shape index (κ1) is 16.5. The van der Waals surface area contributed by atoms with Crippen molar-refractivity contribution in [2.75, 3.05) is 0 Å². The fourth-order valence-electron chi connectivity index (χ4n) is 8.75. The van der Waals surface area contributed by atoms with Crippen molar-refractivity contribution in [2.24, 2.45) is 35.5 Å². The predicted molar refractivity (Wildman–Crippen MR) is 103 cm³/mol. The van der Waals surface area contributed by atoms with E-state index in [9.17, 15) is 4.79 Å². The van der Waals surface area contributed by atoms with E-state index in [1.54, 1.807) is 0 Å². The molecule has 1 heterocycles. The highest BCUT2D eigenvalue weighted by atomic mass is 16.1. The van der Waals surface area contributed by atoms with Crippen molar-refractivity contribution in [2.45, 2.75) is 101 Å². The van der Waals surface area contributed by atoms with E-state index in [2.05, 4.69) is 10.6 Å². The summed E-state index contributed by atoms with van der Waals surface area (Å²) in [6.45, 7) is 0. The number of piperazine rings is 1. The van der Waals surface area contributed by atoms with Gasteiger partial charge in [-0.2, -0.15) is 0 Å². The van der Waals surface area contributed by atoms with Crippen molar-refractivity contribution in [3.05, 3.63) is 0 Å². The van der Waals surface area contributed by atoms with Crippen LogP contribution in [0.1, 0.15) is 77.0 Å². The van der Waals surface area contributed by atoms with E-state index < -0.39 is 0 Å². The van der Waals surface area contributed by atoms with Gasteiger partial charge in [-0.1, -0.05) is 38.5 Å². The second kappa shape index (κ2) is 6.30. The molecule has 144 valence electrons. The van der Waals surface area contributed by atoms with Crippen LogP contribution in [0, 0.1) is 35.5 Å². The molecule has 3 heteroatoms. The number of carbonyl (C=O) groups excluding carboxylic acids is 1. The minimum atomic E-state index is 0.132. The van der Waals surface area contributed by atoms with Gasteiger partial charge < -0.3 is 10.6 Å². The van der Waals surface area contributed by atoms with Gasteiger partial charge in [0.15, 0.2) is 5.78 Å². The molecule has 6 fully saturated rings. The standard InChI is InChI=1S/C23H36N2O/c26-23-18-12-6-5-11-17(18)21-22(23)25-20-16-10-4-2-8-14(16)13-7-1-3-9-15(13)19(20)24-21/h13-22,24-25H,1-12H2. The van der Waals surface area contributed by atoms with Gasteiger partial charge in [-0.05, 0) is 68.1 Å². The van der Waals surface area contributed by atoms with E-state index in [0.29, 0.717) is 35.7 Å². The largest absolute Gasteiger partial charge is 0.307 e. The smallest absolute Gasteiger partial charge is 0.154 e. The zero-order valence-corrected chi connectivity index (χ0v) is 16.2. The van der Waals surface area contributed by atoms with E-state index in [-0.39, 0.29) is 6.04 Å². The molecule has 10 atom stereocenters. The Balaban J connectivity index is 1.34. The summed E-state index contributed by atoms with van der Waals surface area (Å²) in [5.74, 6) is 5.18. The van der Waals surface area contributed by atoms with Crippen molar-refractivity contribution in [3.8, 4) is 0 Å². The third-order valence-electron chi connectivity index (χ3n) is 9.68. The van der Waals surface area contributed by atoms with Crippen LogP contribution in [0.15, 0.2) is 0 Å². The number of fused-ring (bicyclic) bond motifs is 9. The number of ketones is 1. The van der Waals surface area contributed by atoms with E-state index in [0.717, 1.165) is 30.1 Å². The summed E-state index contributed by atoms with van der Waals surface area (Å²) in [6, 6.07) is 1.79. The van der Waals surface area contributed by atoms with Crippen LogP contribution in [0.2, 0.25) is 0 Å². The van der Waals surface area contributed by atoms with Crippen molar-refractivity contribution >= 4 is 5.78 Å². The van der Waals surface area contributed by atoms with E-state index in [4.69, 9.17) is 0 Å². The van der Waals surface area contributed by atoms with Crippen LogP contribution in [0.5, 0.6) is 0 Å². The molecule has 0 spiro atoms. The Kier molecular flexibility index (Phi) is 4.01. The summed E-state index contributed by atoms with van der Waals surface area (Å²) in [6.07, 6.45) is 16.6. The lowest BCUT2D eigenvalue weighted by Gasteiger charge is -2.59. The molecule has 0 radical (unpaired) electrons. The first-order valence-electron chi connectivity index (χ1n) is 11.9. The fraction of sp³-hybridized carbons (Fsp3) is 0.957. The van der Waals surface area contributed by atoms with Crippen molar-refractivity contribution < 1.29 is 4.79 Å². The number of hydrogen-bond acceptors (Lipinski definition) is 3. The molecule has 6 aliphatic rings. The number of hydrogen-bond donors (Lipinski definition) is 2. The Hall–Kier alpha value is -0.410. The first-order valence-corrected chi connectivity index (χ1v) is 11.9. The van der Waals surface area contributed by atoms with Crippen LogP contribution in [-0.2, 0) is 4.79 Å². The second-order valence-electron chi connectivity index (χ2n) is 10.6. The Morgan fingerprint density at radius 1 is 0.538 bits per heavy atom. The highest BCUT2D eigenvalue weighted by Gasteiger charge is 2.59. The van der Waals surface area contributed by atoms with Crippen LogP contribution in [0.3, 0.4) is 0 Å². The van der Waals surface area contributed by atoms with Gasteiger partial charge in [-0.15, -0.1) is 0 Å². The highest BCUT2D eigenvalue weighted by Crippen LogP contribution is 2.53. The lowest BCUT2D eigenvalue weighted by Crippen LogP contribution is -2.74. The summed E-state index contributed by atoms with van der Waals surface area (Å²) in [4.78, 5) is 13.2. The topological polar surface area (TPSA) is 41.1 Å². The molecule has 0 aromatic carbocycles. The summed E-state index contributed by atoms with van der Waals surface area (Å²) in [5.41, 5.74) is 0. The summed E-state index contributed by atoms with van der Waals surface area (Å²) in [5, 5.41) is 8.24. The van der Waals surface area contributed by atoms with Crippen LogP contribution in [0.25, 0.3) is 0 Å². The summed E-state index contributed by atoms with van der Waals surface area (Å²) >= 11 is 0. The Morgan fingerprint density at radius 3 is 1.69 bits per heavy atom. The van der Waals surface area contributed by atoms with Gasteiger partial charge >= 0.3 is 0 Å². The average molecular weight is 357 g/mol. The third kappa shape index (κ3) is 2.28. The molecule has 3 nitrogen and oxygen atoms in total. The summed E-state index contributed by atoms with van der Waals surface area (Å²) < 4.78 is 0. The molecule has 1 saturated heterocycles. The first-order chi connectivity index (χ1) is 12.8. The maximum atomic E-state index is 13.2. The molecule has 0 aromatic heterocycles. The maximum Gasteiger partial charge on any atom is 0.154 e. The van der Waals surface area contributed by atoms with Gasteiger partial charge in [0.05, 0.1) is 6.04 Å². The molecular weight excluding hydrogens is 320 g/mol. The van der Waals surface area contributed by atoms with Gasteiger partial charge in [-0.3, -0.25) is 4.79 Å². The average Bonchev–Trinajstić information content (AvgIpc) is 2.99. The predicted octanol–water partition coefficient (Wildman–Crippen LogP) is 3.67. The third-order valence-corrected chi connectivity index (χ3v) is 9.68. The number of rotatable bonds is 0. The molecule has 1 aliphatic heterocycles. The number of Topliss-reactive ketones (excluding diaryl/α,β-unsaturated/α-hetero) is 1. The fourth-order valence-corrected chi connectivity index (χ4v) is 8.75. The number of carbonyl (C=O) groups is 1. The molecule has 0 amide bonds. The zero-order valence-electron chi connectivity index (χ0n) is 16.2. The van der Waals surface area contributed by atoms with E-state index in [1.165, 1.54) is 70.6 Å². The van der Waals surface area contributed by atoms with Gasteiger partial charge in [0, 0.05) is 24.0 Å². The molecule has 0 bridgehead atoms. The van der Waals surface area contributed by atoms with Crippen LogP contribution in [-0.4, -0.2) is 30.0 Å². The van der Waals surface area contributed by atoms with Crippen molar-refractivity contribution in [1.29, 1.82) is 0 Å². The SMILES string of the molecule is O=C1C2CCCCC2C2NC3C4CCCCC4C4CCCCC4C3NC12. The number of nitrogens with one attached hydrogen (secondary N) is 2. The normalized spacial score (nSPS) is 55.9. The molecule has 6 rings (SSSR count). The molecule has 5 saturated carbocycles. The van der Waals surface area contributed by atoms with Gasteiger partial charge in [0.2, 0.25) is 0 Å². The molecular formula is C23H36N2O. The van der Waals surface area contributed by atoms with Crippen LogP contribution in [0.4, 0.5) is 0 Å². The molecule has 10 unspecified atom stereocenters. The highest BCUT2D eigenvalue weighted by molar-refractivity contribution is 5.90. The summed E-state index contributed by atoms with van der Waals surface area (Å²) in [7, 11) is 0. The molecule has 5 aliphatic carbocycles. The van der Waals surface area contributed by atoms with E-state index >= 15 is 0 Å². The molecule has 0 aromatic rings. The van der Waals surface area contributed by atoms with Crippen molar-refractivity contribution in [3.63, 3.8) is 0 Å². The monoisotopic (exact) mass is 356 g/mol. The minimum absolute atomic E-state index is 0.132. The Labute approximate surface area is 158 Å². The molecule has 26 heavy (non-hydrogen) atoms. The zero-order chi connectivity index (χ0) is 17.3. The van der Waals surface area contributed by atoms with Crippen molar-refractivity contribution in [1.82, 2.24) is 10.6 Å². The lowest BCUT2D eigenvalue weighted by atomic mass is 9.53. The van der Waals surface area contributed by atoms with Gasteiger partial charge in [0.25, 0.3) is 0 Å². The maximum absolute atomic E-state index is 13.2. The second-order valence-corrected chi connectivity index (χ2v) is 10.6. The van der Waals surface area contributed by atoms with Gasteiger partial charge in [-0.25, -0.2) is 0 Å². The molecule has 2 N–H and O–H groups in total. The Morgan fingerprint density at radius 2 is 1.04 bits per heavy atom.